The smallest absolute Gasteiger partial charge is 0.00403 e. The molecule has 0 saturated heterocycles. The van der Waals surface area contributed by atoms with Crippen LogP contribution in [0.4, 0.5) is 0 Å². The molecule has 3 aliphatic rings. The van der Waals surface area contributed by atoms with Gasteiger partial charge in [0.1, 0.15) is 0 Å². The zero-order valence-electron chi connectivity index (χ0n) is 17.7. The Labute approximate surface area is 166 Å². The maximum atomic E-state index is 4.68. The fourth-order valence-electron chi connectivity index (χ4n) is 6.76. The maximum Gasteiger partial charge on any atom is -0.00403 e. The van der Waals surface area contributed by atoms with Crippen molar-refractivity contribution in [2.45, 2.75) is 65.7 Å². The van der Waals surface area contributed by atoms with Crippen molar-refractivity contribution in [1.82, 2.24) is 0 Å². The topological polar surface area (TPSA) is 0 Å². The van der Waals surface area contributed by atoms with Crippen LogP contribution in [-0.4, -0.2) is 0 Å². The molecule has 2 saturated carbocycles. The second kappa shape index (κ2) is 6.50. The Morgan fingerprint density at radius 3 is 2.44 bits per heavy atom. The van der Waals surface area contributed by atoms with Gasteiger partial charge in [-0.15, -0.1) is 0 Å². The predicted molar refractivity (Wildman–Crippen MR) is 117 cm³/mol. The van der Waals surface area contributed by atoms with Gasteiger partial charge in [-0.2, -0.15) is 0 Å². The average molecular weight is 361 g/mol. The summed E-state index contributed by atoms with van der Waals surface area (Å²) in [4.78, 5) is 0. The summed E-state index contributed by atoms with van der Waals surface area (Å²) in [7, 11) is 0. The fraction of sp³-hybridized carbons (Fsp3) is 0.556. The van der Waals surface area contributed by atoms with Gasteiger partial charge in [0.2, 0.25) is 0 Å². The molecule has 0 nitrogen and oxygen atoms in total. The van der Waals surface area contributed by atoms with Gasteiger partial charge in [0.05, 0.1) is 0 Å². The highest BCUT2D eigenvalue weighted by molar-refractivity contribution is 5.40. The van der Waals surface area contributed by atoms with Crippen molar-refractivity contribution >= 4 is 0 Å². The second-order valence-corrected chi connectivity index (χ2v) is 10.2. The van der Waals surface area contributed by atoms with Crippen molar-refractivity contribution in [3.8, 4) is 0 Å². The Kier molecular flexibility index (Phi) is 4.53. The quantitative estimate of drug-likeness (QED) is 0.477. The summed E-state index contributed by atoms with van der Waals surface area (Å²) in [5.74, 6) is 2.45. The summed E-state index contributed by atoms with van der Waals surface area (Å²) in [5, 5.41) is 0. The lowest BCUT2D eigenvalue weighted by atomic mass is 9.58. The first kappa shape index (κ1) is 18.8. The monoisotopic (exact) mass is 360 g/mol. The molecular formula is C27H36. The van der Waals surface area contributed by atoms with Gasteiger partial charge in [-0.1, -0.05) is 88.4 Å². The number of benzene rings is 1. The van der Waals surface area contributed by atoms with E-state index in [9.17, 15) is 0 Å². The zero-order valence-corrected chi connectivity index (χ0v) is 17.7. The van der Waals surface area contributed by atoms with E-state index in [0.717, 1.165) is 6.42 Å². The standard InChI is InChI=1S/C27H36/c1-7-18(2)23-11-9-8-10-21(23)12-13-22-16-19(3)24-25(20(22)4)27(6)15-14-26(24,5)17-27/h8-11,14-15,18,22,24-25H,3-4,7,12-13,16-17H2,1-2,5-6H3. The van der Waals surface area contributed by atoms with Gasteiger partial charge < -0.3 is 0 Å². The van der Waals surface area contributed by atoms with Crippen LogP contribution < -0.4 is 0 Å². The summed E-state index contributed by atoms with van der Waals surface area (Å²) in [6, 6.07) is 9.07. The molecule has 2 bridgehead atoms. The van der Waals surface area contributed by atoms with Crippen LogP contribution >= 0.6 is 0 Å². The molecule has 1 aromatic carbocycles. The summed E-state index contributed by atoms with van der Waals surface area (Å²) in [5.41, 5.74) is 6.70. The Balaban J connectivity index is 1.53. The molecule has 6 unspecified atom stereocenters. The number of fused-ring (bicyclic) bond motifs is 5. The molecule has 144 valence electrons. The van der Waals surface area contributed by atoms with E-state index in [-0.39, 0.29) is 0 Å². The van der Waals surface area contributed by atoms with E-state index in [2.05, 4.69) is 77.3 Å². The molecule has 0 radical (unpaired) electrons. The highest BCUT2D eigenvalue weighted by atomic mass is 14.6. The molecule has 1 aromatic rings. The highest BCUT2D eigenvalue weighted by Crippen LogP contribution is 2.69. The predicted octanol–water partition coefficient (Wildman–Crippen LogP) is 7.48. The average Bonchev–Trinajstić information content (AvgIpc) is 3.09. The van der Waals surface area contributed by atoms with Crippen LogP contribution in [0.5, 0.6) is 0 Å². The zero-order chi connectivity index (χ0) is 19.4. The minimum atomic E-state index is 0.298. The van der Waals surface area contributed by atoms with E-state index < -0.39 is 0 Å². The van der Waals surface area contributed by atoms with Crippen molar-refractivity contribution < 1.29 is 0 Å². The van der Waals surface area contributed by atoms with E-state index in [1.165, 1.54) is 36.8 Å². The van der Waals surface area contributed by atoms with E-state index in [4.69, 9.17) is 0 Å². The maximum absolute atomic E-state index is 4.68. The molecule has 4 rings (SSSR count). The minimum Gasteiger partial charge on any atom is -0.0995 e. The van der Waals surface area contributed by atoms with E-state index in [1.807, 2.05) is 0 Å². The van der Waals surface area contributed by atoms with Crippen molar-refractivity contribution in [1.29, 1.82) is 0 Å². The minimum absolute atomic E-state index is 0.298. The SMILES string of the molecule is C=C1CC(CCc2ccccc2C(C)CC)C(=C)C2C1C1(C)C=CC2(C)C1. The van der Waals surface area contributed by atoms with Gasteiger partial charge in [-0.25, -0.2) is 0 Å². The van der Waals surface area contributed by atoms with Gasteiger partial charge in [-0.3, -0.25) is 0 Å². The largest absolute Gasteiger partial charge is 0.0995 e. The third-order valence-electron chi connectivity index (χ3n) is 8.19. The second-order valence-electron chi connectivity index (χ2n) is 10.2. The lowest BCUT2D eigenvalue weighted by molar-refractivity contribution is 0.224. The molecule has 0 heterocycles. The number of allylic oxidation sites excluding steroid dienone is 4. The molecule has 0 N–H and O–H groups in total. The van der Waals surface area contributed by atoms with Gasteiger partial charge >= 0.3 is 0 Å². The summed E-state index contributed by atoms with van der Waals surface area (Å²) in [6.07, 6.45) is 11.0. The van der Waals surface area contributed by atoms with E-state index in [0.29, 0.717) is 34.5 Å². The number of rotatable bonds is 5. The van der Waals surface area contributed by atoms with E-state index in [1.54, 1.807) is 11.1 Å². The van der Waals surface area contributed by atoms with Crippen molar-refractivity contribution in [3.63, 3.8) is 0 Å². The van der Waals surface area contributed by atoms with E-state index >= 15 is 0 Å². The molecule has 0 aliphatic heterocycles. The lowest BCUT2D eigenvalue weighted by Gasteiger charge is -2.46. The molecule has 2 fully saturated rings. The van der Waals surface area contributed by atoms with Crippen LogP contribution in [0.25, 0.3) is 0 Å². The van der Waals surface area contributed by atoms with Crippen LogP contribution in [0.2, 0.25) is 0 Å². The Morgan fingerprint density at radius 2 is 1.74 bits per heavy atom. The Hall–Kier alpha value is -1.56. The molecule has 3 aliphatic carbocycles. The third-order valence-corrected chi connectivity index (χ3v) is 8.19. The van der Waals surface area contributed by atoms with Gasteiger partial charge in [-0.05, 0) is 77.7 Å². The summed E-state index contributed by atoms with van der Waals surface area (Å²) in [6.45, 7) is 18.8. The van der Waals surface area contributed by atoms with Crippen LogP contribution in [-0.2, 0) is 6.42 Å². The Morgan fingerprint density at radius 1 is 1.07 bits per heavy atom. The van der Waals surface area contributed by atoms with Crippen LogP contribution in [0, 0.1) is 28.6 Å². The Bertz CT molecular complexity index is 796. The third kappa shape index (κ3) is 2.87. The number of hydrogen-bond donors (Lipinski definition) is 0. The number of aryl methyl sites for hydroxylation is 1. The highest BCUT2D eigenvalue weighted by Gasteiger charge is 2.61. The van der Waals surface area contributed by atoms with Crippen molar-refractivity contribution in [3.05, 3.63) is 71.8 Å². The molecule has 0 aromatic heterocycles. The molecule has 6 atom stereocenters. The molecule has 0 spiro atoms. The van der Waals surface area contributed by atoms with Gasteiger partial charge in [0.25, 0.3) is 0 Å². The lowest BCUT2D eigenvalue weighted by Crippen LogP contribution is -2.38. The van der Waals surface area contributed by atoms with Crippen LogP contribution in [0.15, 0.2) is 60.7 Å². The van der Waals surface area contributed by atoms with Crippen molar-refractivity contribution in [2.24, 2.45) is 28.6 Å². The van der Waals surface area contributed by atoms with Gasteiger partial charge in [0, 0.05) is 0 Å². The normalized spacial score (nSPS) is 38.3. The molecular weight excluding hydrogens is 324 g/mol. The number of hydrogen-bond acceptors (Lipinski definition) is 0. The summed E-state index contributed by atoms with van der Waals surface area (Å²) >= 11 is 0. The first-order chi connectivity index (χ1) is 12.8. The van der Waals surface area contributed by atoms with Crippen LogP contribution in [0.1, 0.15) is 70.4 Å². The van der Waals surface area contributed by atoms with Crippen molar-refractivity contribution in [2.75, 3.05) is 0 Å². The summed E-state index contributed by atoms with van der Waals surface area (Å²) < 4.78 is 0. The fourth-order valence-corrected chi connectivity index (χ4v) is 6.76. The molecule has 0 heteroatoms. The van der Waals surface area contributed by atoms with Crippen LogP contribution in [0.3, 0.4) is 0 Å². The van der Waals surface area contributed by atoms with Gasteiger partial charge in [0.15, 0.2) is 0 Å². The first-order valence-electron chi connectivity index (χ1n) is 10.9. The molecule has 0 amide bonds. The molecule has 27 heavy (non-hydrogen) atoms. The first-order valence-corrected chi connectivity index (χ1v) is 10.9.